The van der Waals surface area contributed by atoms with E-state index >= 15 is 0 Å². The Morgan fingerprint density at radius 3 is 2.59 bits per heavy atom. The van der Waals surface area contributed by atoms with Crippen molar-refractivity contribution in [2.75, 3.05) is 45.3 Å². The first-order valence-electron chi connectivity index (χ1n) is 11.2. The second kappa shape index (κ2) is 10.5. The molecule has 1 heterocycles. The molecule has 3 aromatic rings. The summed E-state index contributed by atoms with van der Waals surface area (Å²) in [4.78, 5) is 12.8. The van der Waals surface area contributed by atoms with Crippen LogP contribution in [0.3, 0.4) is 0 Å². The van der Waals surface area contributed by atoms with Crippen LogP contribution >= 0.6 is 0 Å². The minimum Gasteiger partial charge on any atom is -0.495 e. The summed E-state index contributed by atoms with van der Waals surface area (Å²) in [5.74, 6) is 0.0858. The summed E-state index contributed by atoms with van der Waals surface area (Å²) >= 11 is 0. The van der Waals surface area contributed by atoms with Gasteiger partial charge in [-0.2, -0.15) is 4.31 Å². The smallest absolute Gasteiger partial charge is 0.243 e. The Kier molecular flexibility index (Phi) is 7.47. The van der Waals surface area contributed by atoms with Crippen molar-refractivity contribution < 1.29 is 22.7 Å². The van der Waals surface area contributed by atoms with Gasteiger partial charge in [0.05, 0.1) is 37.5 Å². The SMILES string of the molecule is COc1ccc(S(=O)(=O)N2CCOCC2)cc1NC(=O)CN[C@@H](C)c1cccc2ccccc12. The minimum absolute atomic E-state index is 0.0496. The van der Waals surface area contributed by atoms with E-state index < -0.39 is 10.0 Å². The van der Waals surface area contributed by atoms with Crippen LogP contribution in [-0.2, 0) is 19.6 Å². The molecule has 1 aliphatic rings. The highest BCUT2D eigenvalue weighted by molar-refractivity contribution is 7.89. The van der Waals surface area contributed by atoms with E-state index in [2.05, 4.69) is 28.8 Å². The maximum Gasteiger partial charge on any atom is 0.243 e. The predicted octanol–water partition coefficient (Wildman–Crippen LogP) is 3.16. The first-order chi connectivity index (χ1) is 16.4. The fourth-order valence-corrected chi connectivity index (χ4v) is 5.49. The number of carbonyl (C=O) groups is 1. The quantitative estimate of drug-likeness (QED) is 0.511. The molecule has 0 radical (unpaired) electrons. The Balaban J connectivity index is 1.46. The molecule has 9 heteroatoms. The lowest BCUT2D eigenvalue weighted by atomic mass is 10.00. The number of nitrogens with zero attached hydrogens (tertiary/aromatic N) is 1. The molecule has 2 N–H and O–H groups in total. The zero-order chi connectivity index (χ0) is 24.1. The third-order valence-electron chi connectivity index (χ3n) is 5.91. The third-order valence-corrected chi connectivity index (χ3v) is 7.81. The number of rotatable bonds is 8. The number of anilines is 1. The van der Waals surface area contributed by atoms with Gasteiger partial charge in [0.25, 0.3) is 0 Å². The van der Waals surface area contributed by atoms with Crippen molar-refractivity contribution in [1.82, 2.24) is 9.62 Å². The Hall–Kier alpha value is -2.98. The first-order valence-corrected chi connectivity index (χ1v) is 12.6. The molecule has 0 bridgehead atoms. The Morgan fingerprint density at radius 2 is 1.82 bits per heavy atom. The van der Waals surface area contributed by atoms with Gasteiger partial charge in [-0.1, -0.05) is 42.5 Å². The summed E-state index contributed by atoms with van der Waals surface area (Å²) < 4.78 is 38.0. The van der Waals surface area contributed by atoms with Gasteiger partial charge in [0.15, 0.2) is 0 Å². The summed E-state index contributed by atoms with van der Waals surface area (Å²) in [5.41, 5.74) is 1.41. The van der Waals surface area contributed by atoms with Crippen LogP contribution < -0.4 is 15.4 Å². The normalized spacial score (nSPS) is 15.7. The standard InChI is InChI=1S/C25H29N3O5S/c1-18(21-9-5-7-19-6-3-4-8-22(19)21)26-17-25(29)27-23-16-20(10-11-24(23)32-2)34(30,31)28-12-14-33-15-13-28/h3-11,16,18,26H,12-15,17H2,1-2H3,(H,27,29)/t18-/m0/s1. The van der Waals surface area contributed by atoms with E-state index in [-0.39, 0.29) is 23.4 Å². The number of morpholine rings is 1. The van der Waals surface area contributed by atoms with Gasteiger partial charge in [-0.05, 0) is 41.5 Å². The van der Waals surface area contributed by atoms with Gasteiger partial charge in [-0.25, -0.2) is 8.42 Å². The molecule has 1 saturated heterocycles. The molecule has 1 atom stereocenters. The van der Waals surface area contributed by atoms with Crippen molar-refractivity contribution >= 4 is 32.4 Å². The Morgan fingerprint density at radius 1 is 1.09 bits per heavy atom. The summed E-state index contributed by atoms with van der Waals surface area (Å²) in [6.07, 6.45) is 0. The molecular weight excluding hydrogens is 454 g/mol. The molecule has 180 valence electrons. The van der Waals surface area contributed by atoms with E-state index in [0.29, 0.717) is 37.7 Å². The molecule has 1 aliphatic heterocycles. The molecular formula is C25H29N3O5S. The van der Waals surface area contributed by atoms with Crippen LogP contribution in [0.5, 0.6) is 5.75 Å². The van der Waals surface area contributed by atoms with E-state index in [1.54, 1.807) is 6.07 Å². The van der Waals surface area contributed by atoms with Crippen molar-refractivity contribution in [3.8, 4) is 5.75 Å². The van der Waals surface area contributed by atoms with Crippen molar-refractivity contribution in [1.29, 1.82) is 0 Å². The fourth-order valence-electron chi connectivity index (χ4n) is 4.06. The minimum atomic E-state index is -3.70. The summed E-state index contributed by atoms with van der Waals surface area (Å²) in [6.45, 7) is 3.37. The van der Waals surface area contributed by atoms with Gasteiger partial charge in [0.2, 0.25) is 15.9 Å². The number of carbonyl (C=O) groups excluding carboxylic acids is 1. The van der Waals surface area contributed by atoms with E-state index in [1.165, 1.54) is 23.5 Å². The average molecular weight is 484 g/mol. The molecule has 0 aromatic heterocycles. The number of hydrogen-bond donors (Lipinski definition) is 2. The van der Waals surface area contributed by atoms with Crippen LogP contribution in [0.15, 0.2) is 65.6 Å². The molecule has 3 aromatic carbocycles. The molecule has 0 aliphatic carbocycles. The highest BCUT2D eigenvalue weighted by Gasteiger charge is 2.27. The van der Waals surface area contributed by atoms with Gasteiger partial charge in [0, 0.05) is 19.1 Å². The number of benzene rings is 3. The first kappa shape index (κ1) is 24.2. The number of amides is 1. The molecule has 0 spiro atoms. The van der Waals surface area contributed by atoms with Gasteiger partial charge in [-0.3, -0.25) is 4.79 Å². The molecule has 34 heavy (non-hydrogen) atoms. The molecule has 4 rings (SSSR count). The average Bonchev–Trinajstić information content (AvgIpc) is 2.87. The van der Waals surface area contributed by atoms with Crippen molar-refractivity contribution in [3.63, 3.8) is 0 Å². The van der Waals surface area contributed by atoms with E-state index in [1.807, 2.05) is 31.2 Å². The maximum atomic E-state index is 13.0. The van der Waals surface area contributed by atoms with Crippen molar-refractivity contribution in [2.24, 2.45) is 0 Å². The lowest BCUT2D eigenvalue weighted by Gasteiger charge is -2.26. The predicted molar refractivity (Wildman–Crippen MR) is 132 cm³/mol. The van der Waals surface area contributed by atoms with E-state index in [9.17, 15) is 13.2 Å². The van der Waals surface area contributed by atoms with Crippen LogP contribution in [0.2, 0.25) is 0 Å². The monoisotopic (exact) mass is 483 g/mol. The topological polar surface area (TPSA) is 97.0 Å². The molecule has 8 nitrogen and oxygen atoms in total. The Bertz CT molecular complexity index is 1270. The molecule has 0 saturated carbocycles. The van der Waals surface area contributed by atoms with E-state index in [4.69, 9.17) is 9.47 Å². The van der Waals surface area contributed by atoms with Crippen LogP contribution in [0.1, 0.15) is 18.5 Å². The van der Waals surface area contributed by atoms with Gasteiger partial charge in [-0.15, -0.1) is 0 Å². The zero-order valence-corrected chi connectivity index (χ0v) is 20.1. The molecule has 0 unspecified atom stereocenters. The van der Waals surface area contributed by atoms with Crippen LogP contribution in [-0.4, -0.2) is 58.6 Å². The van der Waals surface area contributed by atoms with Crippen LogP contribution in [0, 0.1) is 0 Å². The Labute approximate surface area is 199 Å². The highest BCUT2D eigenvalue weighted by atomic mass is 32.2. The lowest BCUT2D eigenvalue weighted by molar-refractivity contribution is -0.115. The largest absolute Gasteiger partial charge is 0.495 e. The van der Waals surface area contributed by atoms with Crippen molar-refractivity contribution in [3.05, 3.63) is 66.2 Å². The van der Waals surface area contributed by atoms with Crippen molar-refractivity contribution in [2.45, 2.75) is 17.9 Å². The van der Waals surface area contributed by atoms with Gasteiger partial charge < -0.3 is 20.1 Å². The fraction of sp³-hybridized carbons (Fsp3) is 0.320. The summed E-state index contributed by atoms with van der Waals surface area (Å²) in [7, 11) is -2.22. The lowest BCUT2D eigenvalue weighted by Crippen LogP contribution is -2.40. The number of fused-ring (bicyclic) bond motifs is 1. The van der Waals surface area contributed by atoms with Crippen LogP contribution in [0.4, 0.5) is 5.69 Å². The second-order valence-corrected chi connectivity index (χ2v) is 10.0. The van der Waals surface area contributed by atoms with Gasteiger partial charge in [0.1, 0.15) is 5.75 Å². The molecule has 1 amide bonds. The van der Waals surface area contributed by atoms with Crippen LogP contribution in [0.25, 0.3) is 10.8 Å². The number of ether oxygens (including phenoxy) is 2. The highest BCUT2D eigenvalue weighted by Crippen LogP contribution is 2.29. The van der Waals surface area contributed by atoms with Gasteiger partial charge >= 0.3 is 0 Å². The summed E-state index contributed by atoms with van der Waals surface area (Å²) in [5, 5.41) is 8.31. The zero-order valence-electron chi connectivity index (χ0n) is 19.3. The second-order valence-electron chi connectivity index (χ2n) is 8.10. The maximum absolute atomic E-state index is 13.0. The van der Waals surface area contributed by atoms with E-state index in [0.717, 1.165) is 16.3 Å². The number of nitrogens with one attached hydrogen (secondary N) is 2. The number of hydrogen-bond acceptors (Lipinski definition) is 6. The number of methoxy groups -OCH3 is 1. The molecule has 1 fully saturated rings. The number of sulfonamides is 1. The third kappa shape index (κ3) is 5.23. The summed E-state index contributed by atoms with van der Waals surface area (Å²) in [6, 6.07) is 18.6.